The fraction of sp³-hybridized carbons (Fsp3) is 0.529. The Morgan fingerprint density at radius 3 is 2.47 bits per heavy atom. The van der Waals surface area contributed by atoms with E-state index >= 15 is 0 Å². The van der Waals surface area contributed by atoms with Gasteiger partial charge in [0.25, 0.3) is 0 Å². The van der Waals surface area contributed by atoms with E-state index in [-0.39, 0.29) is 11.7 Å². The van der Waals surface area contributed by atoms with Crippen LogP contribution in [-0.2, 0) is 9.47 Å². The number of hydrogen-bond donors (Lipinski definition) is 0. The van der Waals surface area contributed by atoms with Crippen molar-refractivity contribution >= 4 is 0 Å². The van der Waals surface area contributed by atoms with Crippen LogP contribution in [0.15, 0.2) is 42.5 Å². The first-order valence-electron chi connectivity index (χ1n) is 7.18. The second-order valence-electron chi connectivity index (χ2n) is 6.01. The summed E-state index contributed by atoms with van der Waals surface area (Å²) in [6, 6.07) is 10.2. The molecule has 0 bridgehead atoms. The lowest BCUT2D eigenvalue weighted by molar-refractivity contribution is -0.233. The molecule has 1 aromatic carbocycles. The highest BCUT2D eigenvalue weighted by Crippen LogP contribution is 2.49. The zero-order chi connectivity index (χ0) is 13.3. The summed E-state index contributed by atoms with van der Waals surface area (Å²) in [6.45, 7) is 8.05. The van der Waals surface area contributed by atoms with Crippen LogP contribution in [0.4, 0.5) is 0 Å². The van der Waals surface area contributed by atoms with E-state index < -0.39 is 0 Å². The summed E-state index contributed by atoms with van der Waals surface area (Å²) in [6.07, 6.45) is 3.22. The van der Waals surface area contributed by atoms with Crippen molar-refractivity contribution in [1.82, 2.24) is 0 Å². The van der Waals surface area contributed by atoms with Crippen LogP contribution in [0.2, 0.25) is 0 Å². The molecule has 2 nitrogen and oxygen atoms in total. The average Bonchev–Trinajstić information content (AvgIpc) is 2.76. The minimum atomic E-state index is -0.194. The summed E-state index contributed by atoms with van der Waals surface area (Å²) in [7, 11) is 0. The fourth-order valence-electron chi connectivity index (χ4n) is 3.42. The van der Waals surface area contributed by atoms with Gasteiger partial charge in [0.15, 0.2) is 6.29 Å². The molecule has 1 unspecified atom stereocenters. The topological polar surface area (TPSA) is 18.5 Å². The van der Waals surface area contributed by atoms with E-state index in [0.717, 1.165) is 25.2 Å². The molecule has 1 spiro atoms. The summed E-state index contributed by atoms with van der Waals surface area (Å²) >= 11 is 0. The smallest absolute Gasteiger partial charge is 0.183 e. The molecule has 1 saturated carbocycles. The van der Waals surface area contributed by atoms with Crippen LogP contribution in [0.5, 0.6) is 0 Å². The van der Waals surface area contributed by atoms with Crippen molar-refractivity contribution in [2.75, 3.05) is 13.2 Å². The number of rotatable bonds is 2. The fourth-order valence-corrected chi connectivity index (χ4v) is 3.42. The zero-order valence-corrected chi connectivity index (χ0v) is 11.6. The molecule has 0 amide bonds. The van der Waals surface area contributed by atoms with Gasteiger partial charge in [-0.15, -0.1) is 0 Å². The van der Waals surface area contributed by atoms with Gasteiger partial charge in [-0.25, -0.2) is 0 Å². The predicted octanol–water partition coefficient (Wildman–Crippen LogP) is 4.09. The van der Waals surface area contributed by atoms with Crippen molar-refractivity contribution in [2.45, 2.75) is 32.5 Å². The Hall–Kier alpha value is -1.12. The molecule has 1 saturated heterocycles. The third-order valence-electron chi connectivity index (χ3n) is 4.51. The highest BCUT2D eigenvalue weighted by Gasteiger charge is 2.44. The Morgan fingerprint density at radius 1 is 1.21 bits per heavy atom. The van der Waals surface area contributed by atoms with Gasteiger partial charge in [0.05, 0.1) is 13.2 Å². The van der Waals surface area contributed by atoms with Crippen LogP contribution < -0.4 is 0 Å². The van der Waals surface area contributed by atoms with Gasteiger partial charge in [-0.1, -0.05) is 49.4 Å². The lowest BCUT2D eigenvalue weighted by Gasteiger charge is -2.37. The molecule has 1 heterocycles. The first-order chi connectivity index (χ1) is 9.22. The minimum Gasteiger partial charge on any atom is -0.348 e. The molecule has 2 heteroatoms. The molecule has 3 rings (SSSR count). The van der Waals surface area contributed by atoms with Crippen molar-refractivity contribution in [3.05, 3.63) is 48.0 Å². The Kier molecular flexibility index (Phi) is 3.46. The number of ether oxygens (including phenoxy) is 2. The Bertz CT molecular complexity index is 444. The number of allylic oxidation sites excluding steroid dienone is 1. The van der Waals surface area contributed by atoms with Crippen molar-refractivity contribution in [2.24, 2.45) is 11.3 Å². The molecular formula is C17H22O2. The molecule has 0 radical (unpaired) electrons. The maximum absolute atomic E-state index is 5.98. The minimum absolute atomic E-state index is 0.184. The molecular weight excluding hydrogens is 236 g/mol. The molecule has 102 valence electrons. The Morgan fingerprint density at radius 2 is 1.89 bits per heavy atom. The number of hydrogen-bond acceptors (Lipinski definition) is 2. The molecule has 2 aliphatic rings. The molecule has 1 aliphatic carbocycles. The van der Waals surface area contributed by atoms with E-state index in [9.17, 15) is 0 Å². The van der Waals surface area contributed by atoms with Gasteiger partial charge in [-0.2, -0.15) is 0 Å². The maximum atomic E-state index is 5.98. The van der Waals surface area contributed by atoms with Gasteiger partial charge < -0.3 is 9.47 Å². The van der Waals surface area contributed by atoms with Gasteiger partial charge in [-0.3, -0.25) is 0 Å². The van der Waals surface area contributed by atoms with Gasteiger partial charge in [0, 0.05) is 11.0 Å². The first kappa shape index (κ1) is 12.9. The van der Waals surface area contributed by atoms with Crippen LogP contribution in [0, 0.1) is 11.3 Å². The standard InChI is InChI=1S/C17H22O2/c1-3-14-10-17(9-13(14)2)11-18-16(19-12-17)15-7-5-4-6-8-15/h4-8,14,16H,2-3,9-12H2,1H3. The van der Waals surface area contributed by atoms with Gasteiger partial charge >= 0.3 is 0 Å². The summed E-state index contributed by atoms with van der Waals surface area (Å²) < 4.78 is 12.0. The third-order valence-corrected chi connectivity index (χ3v) is 4.51. The van der Waals surface area contributed by atoms with E-state index in [0.29, 0.717) is 5.92 Å². The van der Waals surface area contributed by atoms with E-state index in [4.69, 9.17) is 9.47 Å². The van der Waals surface area contributed by atoms with E-state index in [1.54, 1.807) is 0 Å². The van der Waals surface area contributed by atoms with E-state index in [1.807, 2.05) is 18.2 Å². The largest absolute Gasteiger partial charge is 0.348 e. The summed E-state index contributed by atoms with van der Waals surface area (Å²) in [5.41, 5.74) is 2.68. The number of benzene rings is 1. The SMILES string of the molecule is C=C1CC2(COC(c3ccccc3)OC2)CC1CC. The molecule has 1 atom stereocenters. The Labute approximate surface area is 115 Å². The van der Waals surface area contributed by atoms with Gasteiger partial charge in [0.1, 0.15) is 0 Å². The molecule has 0 aromatic heterocycles. The van der Waals surface area contributed by atoms with Crippen LogP contribution >= 0.6 is 0 Å². The molecule has 2 fully saturated rings. The summed E-state index contributed by atoms with van der Waals surface area (Å²) in [4.78, 5) is 0. The summed E-state index contributed by atoms with van der Waals surface area (Å²) in [5, 5.41) is 0. The Balaban J connectivity index is 1.66. The van der Waals surface area contributed by atoms with Crippen molar-refractivity contribution in [3.63, 3.8) is 0 Å². The quantitative estimate of drug-likeness (QED) is 0.744. The van der Waals surface area contributed by atoms with Crippen LogP contribution in [0.1, 0.15) is 38.0 Å². The van der Waals surface area contributed by atoms with Gasteiger partial charge in [-0.05, 0) is 25.2 Å². The lowest BCUT2D eigenvalue weighted by atomic mass is 9.86. The monoisotopic (exact) mass is 258 g/mol. The molecule has 19 heavy (non-hydrogen) atoms. The van der Waals surface area contributed by atoms with Crippen molar-refractivity contribution < 1.29 is 9.47 Å². The predicted molar refractivity (Wildman–Crippen MR) is 75.7 cm³/mol. The van der Waals surface area contributed by atoms with E-state index in [1.165, 1.54) is 18.4 Å². The maximum Gasteiger partial charge on any atom is 0.183 e. The molecule has 0 N–H and O–H groups in total. The van der Waals surface area contributed by atoms with Gasteiger partial charge in [0.2, 0.25) is 0 Å². The van der Waals surface area contributed by atoms with Crippen LogP contribution in [0.3, 0.4) is 0 Å². The lowest BCUT2D eigenvalue weighted by Crippen LogP contribution is -2.37. The third kappa shape index (κ3) is 2.47. The van der Waals surface area contributed by atoms with Crippen molar-refractivity contribution in [3.8, 4) is 0 Å². The van der Waals surface area contributed by atoms with Crippen molar-refractivity contribution in [1.29, 1.82) is 0 Å². The zero-order valence-electron chi connectivity index (χ0n) is 11.6. The highest BCUT2D eigenvalue weighted by atomic mass is 16.7. The average molecular weight is 258 g/mol. The first-order valence-corrected chi connectivity index (χ1v) is 7.18. The molecule has 1 aromatic rings. The summed E-state index contributed by atoms with van der Waals surface area (Å²) in [5.74, 6) is 0.653. The normalized spacial score (nSPS) is 34.9. The molecule has 1 aliphatic heterocycles. The van der Waals surface area contributed by atoms with Crippen LogP contribution in [-0.4, -0.2) is 13.2 Å². The van der Waals surface area contributed by atoms with Crippen LogP contribution in [0.25, 0.3) is 0 Å². The highest BCUT2D eigenvalue weighted by molar-refractivity contribution is 5.18. The van der Waals surface area contributed by atoms with E-state index in [2.05, 4.69) is 25.6 Å². The second-order valence-corrected chi connectivity index (χ2v) is 6.01. The second kappa shape index (κ2) is 5.10.